The molecule has 1 atom stereocenters. The van der Waals surface area contributed by atoms with Crippen LogP contribution in [0.1, 0.15) is 66.7 Å². The van der Waals surface area contributed by atoms with Crippen molar-refractivity contribution >= 4 is 11.8 Å². The number of hydrogen-bond donors (Lipinski definition) is 2. The maximum atomic E-state index is 11.3. The Labute approximate surface area is 141 Å². The summed E-state index contributed by atoms with van der Waals surface area (Å²) in [5.74, 6) is 1.11. The topological polar surface area (TPSA) is 81.4 Å². The molecular formula is C18H36N2O3. The number of carbonyl (C=O) groups is 2. The highest BCUT2D eigenvalue weighted by Crippen LogP contribution is 2.37. The van der Waals surface area contributed by atoms with E-state index in [1.807, 2.05) is 13.8 Å². The normalized spacial score (nSPS) is 22.9. The predicted octanol–water partition coefficient (Wildman–Crippen LogP) is 2.87. The van der Waals surface area contributed by atoms with E-state index in [1.54, 1.807) is 0 Å². The van der Waals surface area contributed by atoms with Gasteiger partial charge in [-0.05, 0) is 31.1 Å². The maximum absolute atomic E-state index is 11.3. The van der Waals surface area contributed by atoms with E-state index in [0.29, 0.717) is 19.1 Å². The number of amides is 2. The van der Waals surface area contributed by atoms with Crippen molar-refractivity contribution in [3.05, 3.63) is 0 Å². The summed E-state index contributed by atoms with van der Waals surface area (Å²) in [7, 11) is 0. The Morgan fingerprint density at radius 3 is 2.22 bits per heavy atom. The number of carbonyl (C=O) groups excluding carboxylic acids is 2. The van der Waals surface area contributed by atoms with Crippen LogP contribution >= 0.6 is 0 Å². The maximum Gasteiger partial charge on any atom is 0.224 e. The van der Waals surface area contributed by atoms with Crippen molar-refractivity contribution in [2.75, 3.05) is 19.8 Å². The van der Waals surface area contributed by atoms with Crippen LogP contribution in [0.15, 0.2) is 0 Å². The van der Waals surface area contributed by atoms with Crippen LogP contribution in [-0.2, 0) is 14.3 Å². The first-order valence-corrected chi connectivity index (χ1v) is 9.06. The van der Waals surface area contributed by atoms with Gasteiger partial charge in [0.05, 0.1) is 5.41 Å². The third-order valence-electron chi connectivity index (χ3n) is 4.93. The Bertz CT molecular complexity index is 340. The summed E-state index contributed by atoms with van der Waals surface area (Å²) in [6, 6.07) is 0. The average Bonchev–Trinajstić information content (AvgIpc) is 2.58. The van der Waals surface area contributed by atoms with Crippen LogP contribution in [0.3, 0.4) is 0 Å². The zero-order valence-electron chi connectivity index (χ0n) is 15.6. The molecule has 23 heavy (non-hydrogen) atoms. The SMILES string of the molecule is CC.CC(C)C1(C(N)=O)CCOCC1.CCC1CCC(=O)NC1. The number of piperidine rings is 1. The summed E-state index contributed by atoms with van der Waals surface area (Å²) >= 11 is 0. The fraction of sp³-hybridized carbons (Fsp3) is 0.889. The molecule has 0 aromatic heterocycles. The van der Waals surface area contributed by atoms with Gasteiger partial charge in [0, 0.05) is 26.2 Å². The second-order valence-electron chi connectivity index (χ2n) is 6.40. The molecule has 0 aliphatic carbocycles. The molecular weight excluding hydrogens is 292 g/mol. The number of ether oxygens (including phenoxy) is 1. The summed E-state index contributed by atoms with van der Waals surface area (Å²) in [4.78, 5) is 21.9. The molecule has 2 aliphatic heterocycles. The van der Waals surface area contributed by atoms with Crippen molar-refractivity contribution in [3.63, 3.8) is 0 Å². The first kappa shape index (κ1) is 21.9. The van der Waals surface area contributed by atoms with Gasteiger partial charge < -0.3 is 15.8 Å². The minimum Gasteiger partial charge on any atom is -0.381 e. The Hall–Kier alpha value is -1.10. The largest absolute Gasteiger partial charge is 0.381 e. The Balaban J connectivity index is 0.000000392. The van der Waals surface area contributed by atoms with E-state index in [9.17, 15) is 9.59 Å². The Morgan fingerprint density at radius 2 is 1.91 bits per heavy atom. The lowest BCUT2D eigenvalue weighted by Gasteiger charge is -2.37. The first-order chi connectivity index (χ1) is 10.9. The predicted molar refractivity (Wildman–Crippen MR) is 93.9 cm³/mol. The molecule has 136 valence electrons. The number of rotatable bonds is 3. The van der Waals surface area contributed by atoms with Crippen LogP contribution in [0.25, 0.3) is 0 Å². The minimum absolute atomic E-state index is 0.166. The molecule has 0 saturated carbocycles. The van der Waals surface area contributed by atoms with Crippen LogP contribution in [-0.4, -0.2) is 31.6 Å². The summed E-state index contributed by atoms with van der Waals surface area (Å²) in [6.07, 6.45) is 4.57. The van der Waals surface area contributed by atoms with Gasteiger partial charge in [-0.1, -0.05) is 41.0 Å². The van der Waals surface area contributed by atoms with E-state index in [4.69, 9.17) is 10.5 Å². The molecule has 5 heteroatoms. The summed E-state index contributed by atoms with van der Waals surface area (Å²) < 4.78 is 5.22. The number of hydrogen-bond acceptors (Lipinski definition) is 3. The summed E-state index contributed by atoms with van der Waals surface area (Å²) in [6.45, 7) is 12.5. The Kier molecular flexibility index (Phi) is 10.9. The molecule has 2 rings (SSSR count). The van der Waals surface area contributed by atoms with Crippen LogP contribution in [0.5, 0.6) is 0 Å². The number of primary amides is 1. The van der Waals surface area contributed by atoms with Gasteiger partial charge >= 0.3 is 0 Å². The lowest BCUT2D eigenvalue weighted by atomic mass is 9.71. The van der Waals surface area contributed by atoms with Gasteiger partial charge in [-0.25, -0.2) is 0 Å². The van der Waals surface area contributed by atoms with Crippen molar-refractivity contribution in [1.29, 1.82) is 0 Å². The highest BCUT2D eigenvalue weighted by molar-refractivity contribution is 5.81. The second kappa shape index (κ2) is 11.4. The third kappa shape index (κ3) is 6.90. The molecule has 2 aliphatic rings. The van der Waals surface area contributed by atoms with E-state index in [0.717, 1.165) is 38.1 Å². The van der Waals surface area contributed by atoms with Crippen LogP contribution in [0.2, 0.25) is 0 Å². The summed E-state index contributed by atoms with van der Waals surface area (Å²) in [5, 5.41) is 2.84. The zero-order valence-corrected chi connectivity index (χ0v) is 15.6. The molecule has 2 heterocycles. The van der Waals surface area contributed by atoms with Crippen molar-refractivity contribution in [3.8, 4) is 0 Å². The van der Waals surface area contributed by atoms with E-state index >= 15 is 0 Å². The Morgan fingerprint density at radius 1 is 1.35 bits per heavy atom. The minimum atomic E-state index is -0.307. The molecule has 5 nitrogen and oxygen atoms in total. The second-order valence-corrected chi connectivity index (χ2v) is 6.40. The van der Waals surface area contributed by atoms with Crippen molar-refractivity contribution in [2.45, 2.75) is 66.7 Å². The van der Waals surface area contributed by atoms with Gasteiger partial charge in [0.25, 0.3) is 0 Å². The smallest absolute Gasteiger partial charge is 0.224 e. The van der Waals surface area contributed by atoms with Crippen LogP contribution in [0, 0.1) is 17.3 Å². The zero-order chi connectivity index (χ0) is 17.9. The highest BCUT2D eigenvalue weighted by atomic mass is 16.5. The van der Waals surface area contributed by atoms with E-state index < -0.39 is 0 Å². The molecule has 0 spiro atoms. The molecule has 2 saturated heterocycles. The summed E-state index contributed by atoms with van der Waals surface area (Å²) in [5.41, 5.74) is 5.10. The average molecular weight is 328 g/mol. The molecule has 0 bridgehead atoms. The molecule has 2 amide bonds. The molecule has 2 fully saturated rings. The fourth-order valence-electron chi connectivity index (χ4n) is 2.98. The van der Waals surface area contributed by atoms with Crippen molar-refractivity contribution in [2.24, 2.45) is 23.0 Å². The van der Waals surface area contributed by atoms with Crippen molar-refractivity contribution in [1.82, 2.24) is 5.32 Å². The van der Waals surface area contributed by atoms with Crippen LogP contribution in [0.4, 0.5) is 0 Å². The molecule has 0 aromatic carbocycles. The molecule has 1 unspecified atom stereocenters. The first-order valence-electron chi connectivity index (χ1n) is 9.06. The van der Waals surface area contributed by atoms with Gasteiger partial charge in [-0.3, -0.25) is 9.59 Å². The number of nitrogens with one attached hydrogen (secondary N) is 1. The fourth-order valence-corrected chi connectivity index (χ4v) is 2.98. The quantitative estimate of drug-likeness (QED) is 0.836. The molecule has 0 radical (unpaired) electrons. The monoisotopic (exact) mass is 328 g/mol. The third-order valence-corrected chi connectivity index (χ3v) is 4.93. The lowest BCUT2D eigenvalue weighted by Crippen LogP contribution is -2.45. The van der Waals surface area contributed by atoms with Gasteiger partial charge in [0.15, 0.2) is 0 Å². The molecule has 3 N–H and O–H groups in total. The lowest BCUT2D eigenvalue weighted by molar-refractivity contribution is -0.137. The van der Waals surface area contributed by atoms with Crippen LogP contribution < -0.4 is 11.1 Å². The van der Waals surface area contributed by atoms with Gasteiger partial charge in [-0.15, -0.1) is 0 Å². The van der Waals surface area contributed by atoms with Crippen molar-refractivity contribution < 1.29 is 14.3 Å². The van der Waals surface area contributed by atoms with Gasteiger partial charge in [0.1, 0.15) is 0 Å². The van der Waals surface area contributed by atoms with E-state index in [-0.39, 0.29) is 17.2 Å². The van der Waals surface area contributed by atoms with Gasteiger partial charge in [0.2, 0.25) is 11.8 Å². The van der Waals surface area contributed by atoms with E-state index in [1.165, 1.54) is 6.42 Å². The van der Waals surface area contributed by atoms with E-state index in [2.05, 4.69) is 26.1 Å². The number of nitrogens with two attached hydrogens (primary N) is 1. The molecule has 0 aromatic rings. The highest BCUT2D eigenvalue weighted by Gasteiger charge is 2.40. The van der Waals surface area contributed by atoms with Gasteiger partial charge in [-0.2, -0.15) is 0 Å². The standard InChI is InChI=1S/C9H17NO2.C7H13NO.C2H6/c1-7(2)9(8(10)11)3-5-12-6-4-9;1-2-6-3-4-7(9)8-5-6;1-2/h7H,3-6H2,1-2H3,(H2,10,11);6H,2-5H2,1H3,(H,8,9);1-2H3.